The van der Waals surface area contributed by atoms with Crippen LogP contribution in [0.25, 0.3) is 5.57 Å². The molecule has 0 spiro atoms. The number of allylic oxidation sites excluding steroid dienone is 2. The van der Waals surface area contributed by atoms with Crippen molar-refractivity contribution in [3.05, 3.63) is 47.9 Å². The van der Waals surface area contributed by atoms with Gasteiger partial charge in [0.2, 0.25) is 0 Å². The normalized spacial score (nSPS) is 14.3. The Hall–Kier alpha value is -2.10. The predicted molar refractivity (Wildman–Crippen MR) is 57.9 cm³/mol. The molecule has 76 valence electrons. The molecule has 0 radical (unpaired) electrons. The first-order chi connectivity index (χ1) is 7.29. The fourth-order valence-corrected chi connectivity index (χ4v) is 1.51. The highest BCUT2D eigenvalue weighted by molar-refractivity contribution is 5.96. The van der Waals surface area contributed by atoms with Crippen molar-refractivity contribution in [2.75, 3.05) is 6.54 Å². The number of carbonyl (C=O) groups is 1. The van der Waals surface area contributed by atoms with Crippen molar-refractivity contribution in [3.63, 3.8) is 0 Å². The van der Waals surface area contributed by atoms with E-state index in [1.807, 2.05) is 24.4 Å². The molecule has 4 heteroatoms. The van der Waals surface area contributed by atoms with Crippen LogP contribution < -0.4 is 11.1 Å². The van der Waals surface area contributed by atoms with Gasteiger partial charge in [-0.25, -0.2) is 0 Å². The van der Waals surface area contributed by atoms with Gasteiger partial charge in [-0.1, -0.05) is 12.1 Å². The van der Waals surface area contributed by atoms with E-state index in [0.717, 1.165) is 11.1 Å². The lowest BCUT2D eigenvalue weighted by molar-refractivity contribution is 0.0995. The van der Waals surface area contributed by atoms with Crippen molar-refractivity contribution >= 4 is 11.5 Å². The largest absolute Gasteiger partial charge is 0.387 e. The lowest BCUT2D eigenvalue weighted by Gasteiger charge is -2.12. The smallest absolute Gasteiger partial charge is 0.267 e. The molecule has 1 amide bonds. The van der Waals surface area contributed by atoms with Crippen molar-refractivity contribution in [2.45, 2.75) is 0 Å². The SMILES string of the molecule is NC(=O)c1ncccc1C1=CC=CNC1. The molecule has 0 saturated heterocycles. The quantitative estimate of drug-likeness (QED) is 0.739. The van der Waals surface area contributed by atoms with Crippen molar-refractivity contribution in [1.29, 1.82) is 0 Å². The van der Waals surface area contributed by atoms with Gasteiger partial charge >= 0.3 is 0 Å². The summed E-state index contributed by atoms with van der Waals surface area (Å²) >= 11 is 0. The maximum atomic E-state index is 11.2. The molecule has 1 aliphatic rings. The van der Waals surface area contributed by atoms with Crippen molar-refractivity contribution in [1.82, 2.24) is 10.3 Å². The summed E-state index contributed by atoms with van der Waals surface area (Å²) in [5.74, 6) is -0.499. The molecule has 0 atom stereocenters. The second kappa shape index (κ2) is 3.96. The molecule has 1 aromatic heterocycles. The minimum Gasteiger partial charge on any atom is -0.387 e. The zero-order chi connectivity index (χ0) is 10.7. The van der Waals surface area contributed by atoms with E-state index in [4.69, 9.17) is 5.73 Å². The van der Waals surface area contributed by atoms with E-state index in [1.54, 1.807) is 12.3 Å². The Bertz CT molecular complexity index is 449. The van der Waals surface area contributed by atoms with Crippen LogP contribution in [0.4, 0.5) is 0 Å². The van der Waals surface area contributed by atoms with Gasteiger partial charge in [0.15, 0.2) is 0 Å². The number of nitrogens with zero attached hydrogens (tertiary/aromatic N) is 1. The first-order valence-electron chi connectivity index (χ1n) is 4.63. The van der Waals surface area contributed by atoms with E-state index in [9.17, 15) is 4.79 Å². The number of hydrogen-bond donors (Lipinski definition) is 2. The van der Waals surface area contributed by atoms with Crippen molar-refractivity contribution in [2.24, 2.45) is 5.73 Å². The maximum absolute atomic E-state index is 11.2. The molecule has 0 fully saturated rings. The maximum Gasteiger partial charge on any atom is 0.267 e. The zero-order valence-electron chi connectivity index (χ0n) is 8.10. The number of pyridine rings is 1. The van der Waals surface area contributed by atoms with E-state index in [1.165, 1.54) is 0 Å². The Labute approximate surface area is 87.5 Å². The second-order valence-electron chi connectivity index (χ2n) is 3.20. The Morgan fingerprint density at radius 3 is 3.07 bits per heavy atom. The van der Waals surface area contributed by atoms with Gasteiger partial charge in [0, 0.05) is 18.3 Å². The highest BCUT2D eigenvalue weighted by atomic mass is 16.1. The third-order valence-corrected chi connectivity index (χ3v) is 2.19. The Morgan fingerprint density at radius 1 is 1.53 bits per heavy atom. The van der Waals surface area contributed by atoms with Gasteiger partial charge in [-0.2, -0.15) is 0 Å². The number of primary amides is 1. The highest BCUT2D eigenvalue weighted by Crippen LogP contribution is 2.18. The number of carbonyl (C=O) groups excluding carboxylic acids is 1. The Balaban J connectivity index is 2.47. The van der Waals surface area contributed by atoms with E-state index < -0.39 is 5.91 Å². The van der Waals surface area contributed by atoms with Gasteiger partial charge in [0.1, 0.15) is 5.69 Å². The number of rotatable bonds is 2. The van der Waals surface area contributed by atoms with Crippen LogP contribution in [0.1, 0.15) is 16.1 Å². The van der Waals surface area contributed by atoms with Crippen LogP contribution in [0.15, 0.2) is 36.7 Å². The zero-order valence-corrected chi connectivity index (χ0v) is 8.10. The van der Waals surface area contributed by atoms with Crippen molar-refractivity contribution in [3.8, 4) is 0 Å². The molecule has 0 saturated carbocycles. The van der Waals surface area contributed by atoms with Crippen LogP contribution in [-0.4, -0.2) is 17.4 Å². The summed E-state index contributed by atoms with van der Waals surface area (Å²) in [4.78, 5) is 15.1. The highest BCUT2D eigenvalue weighted by Gasteiger charge is 2.12. The first-order valence-corrected chi connectivity index (χ1v) is 4.63. The minimum atomic E-state index is -0.499. The standard InChI is InChI=1S/C11H11N3O/c12-11(15)10-9(4-2-6-14-10)8-3-1-5-13-7-8/h1-6,13H,7H2,(H2,12,15). The Morgan fingerprint density at radius 2 is 2.40 bits per heavy atom. The molecule has 0 bridgehead atoms. The Kier molecular flexibility index (Phi) is 2.49. The van der Waals surface area contributed by atoms with Crippen LogP contribution in [0.3, 0.4) is 0 Å². The number of aromatic nitrogens is 1. The van der Waals surface area contributed by atoms with Gasteiger partial charge in [0.05, 0.1) is 0 Å². The number of dihydropyridines is 1. The molecule has 0 unspecified atom stereocenters. The van der Waals surface area contributed by atoms with Crippen LogP contribution in [0.2, 0.25) is 0 Å². The van der Waals surface area contributed by atoms with Crippen LogP contribution in [0, 0.1) is 0 Å². The number of nitrogens with one attached hydrogen (secondary N) is 1. The van der Waals surface area contributed by atoms with E-state index in [0.29, 0.717) is 12.2 Å². The van der Waals surface area contributed by atoms with Gasteiger partial charge in [-0.15, -0.1) is 0 Å². The molecule has 0 aromatic carbocycles. The number of amides is 1. The lowest BCUT2D eigenvalue weighted by Crippen LogP contribution is -2.18. The van der Waals surface area contributed by atoms with E-state index in [-0.39, 0.29) is 0 Å². The molecule has 1 aliphatic heterocycles. The summed E-state index contributed by atoms with van der Waals surface area (Å²) in [6.45, 7) is 0.683. The summed E-state index contributed by atoms with van der Waals surface area (Å²) in [6, 6.07) is 3.64. The average molecular weight is 201 g/mol. The summed E-state index contributed by atoms with van der Waals surface area (Å²) in [5, 5.41) is 3.07. The molecule has 4 nitrogen and oxygen atoms in total. The van der Waals surface area contributed by atoms with Gasteiger partial charge in [-0.3, -0.25) is 9.78 Å². The minimum absolute atomic E-state index is 0.320. The van der Waals surface area contributed by atoms with Crippen LogP contribution in [-0.2, 0) is 0 Å². The molecule has 1 aromatic rings. The molecular formula is C11H11N3O. The molecule has 2 rings (SSSR count). The van der Waals surface area contributed by atoms with Gasteiger partial charge in [0.25, 0.3) is 5.91 Å². The number of nitrogens with two attached hydrogens (primary N) is 1. The number of hydrogen-bond acceptors (Lipinski definition) is 3. The van der Waals surface area contributed by atoms with Crippen LogP contribution in [0.5, 0.6) is 0 Å². The van der Waals surface area contributed by atoms with E-state index >= 15 is 0 Å². The first kappa shape index (κ1) is 9.45. The average Bonchev–Trinajstić information content (AvgIpc) is 2.30. The monoisotopic (exact) mass is 201 g/mol. The molecule has 3 N–H and O–H groups in total. The van der Waals surface area contributed by atoms with Crippen molar-refractivity contribution < 1.29 is 4.79 Å². The predicted octanol–water partition coefficient (Wildman–Crippen LogP) is 0.681. The molecule has 0 aliphatic carbocycles. The summed E-state index contributed by atoms with van der Waals surface area (Å²) < 4.78 is 0. The van der Waals surface area contributed by atoms with Gasteiger partial charge < -0.3 is 11.1 Å². The summed E-state index contributed by atoms with van der Waals surface area (Å²) in [7, 11) is 0. The topological polar surface area (TPSA) is 68.0 Å². The lowest BCUT2D eigenvalue weighted by atomic mass is 10.0. The summed E-state index contributed by atoms with van der Waals surface area (Å²) in [6.07, 6.45) is 7.25. The van der Waals surface area contributed by atoms with Gasteiger partial charge in [-0.05, 0) is 23.9 Å². The van der Waals surface area contributed by atoms with Crippen LogP contribution >= 0.6 is 0 Å². The molecular weight excluding hydrogens is 190 g/mol. The summed E-state index contributed by atoms with van der Waals surface area (Å²) in [5.41, 5.74) is 7.38. The third kappa shape index (κ3) is 1.88. The van der Waals surface area contributed by atoms with E-state index in [2.05, 4.69) is 10.3 Å². The second-order valence-corrected chi connectivity index (χ2v) is 3.20. The molecule has 2 heterocycles. The fraction of sp³-hybridized carbons (Fsp3) is 0.0909. The molecule has 15 heavy (non-hydrogen) atoms. The fourth-order valence-electron chi connectivity index (χ4n) is 1.51. The third-order valence-electron chi connectivity index (χ3n) is 2.19.